The largest absolute Gasteiger partial charge is 0.311 e. The van der Waals surface area contributed by atoms with Gasteiger partial charge in [-0.2, -0.15) is 0 Å². The van der Waals surface area contributed by atoms with Crippen LogP contribution in [0.1, 0.15) is 22.3 Å². The van der Waals surface area contributed by atoms with Gasteiger partial charge in [-0.1, -0.05) is 198 Å². The van der Waals surface area contributed by atoms with Crippen LogP contribution in [0.15, 0.2) is 218 Å². The van der Waals surface area contributed by atoms with Crippen LogP contribution < -0.4 is 51.3 Å². The molecule has 2 aliphatic rings. The SMILES string of the molecule is Cc1ccc([Si]2(c3ccc(C)cc3)c3ccccc3N(c3cccc(N4c5ccc(C)cc5[Si](c5ccccc5)(c5ccccc5)c5cc(C)ccc54)c3)c3ccccc32)cc1. The molecule has 0 aliphatic carbocycles. The summed E-state index contributed by atoms with van der Waals surface area (Å²) in [4.78, 5) is 5.08. The number of para-hydroxylation sites is 2. The molecule has 0 saturated carbocycles. The lowest BCUT2D eigenvalue weighted by atomic mass is 10.1. The standard InChI is InChI=1S/C58H48N2Si2/c1-41-26-32-49(33-27-41)61(50-34-28-42(2)29-35-50)55-24-13-11-22-51(55)59(52-23-12-14-25-56(52)61)45-16-15-17-46(40-45)60-53-36-30-43(3)38-57(53)62(47-18-7-5-8-19-47,48-20-9-6-10-21-48)58-39-44(4)31-37-54(58)60/h5-40H,1-4H3. The number of hydrogen-bond acceptors (Lipinski definition) is 2. The number of rotatable bonds is 6. The molecule has 9 aromatic carbocycles. The van der Waals surface area contributed by atoms with Crippen molar-refractivity contribution in [2.24, 2.45) is 0 Å². The van der Waals surface area contributed by atoms with Gasteiger partial charge >= 0.3 is 0 Å². The summed E-state index contributed by atoms with van der Waals surface area (Å²) in [7, 11) is -5.57. The number of benzene rings is 9. The molecule has 0 radical (unpaired) electrons. The van der Waals surface area contributed by atoms with Gasteiger partial charge in [0.15, 0.2) is 16.1 Å². The predicted octanol–water partition coefficient (Wildman–Crippen LogP) is 9.24. The Labute approximate surface area is 368 Å². The van der Waals surface area contributed by atoms with Gasteiger partial charge in [-0.05, 0) is 112 Å². The van der Waals surface area contributed by atoms with Crippen molar-refractivity contribution in [3.8, 4) is 0 Å². The Bertz CT molecular complexity index is 2930. The highest BCUT2D eigenvalue weighted by Crippen LogP contribution is 2.43. The lowest BCUT2D eigenvalue weighted by molar-refractivity contribution is 1.25. The molecule has 11 rings (SSSR count). The van der Waals surface area contributed by atoms with E-state index in [1.807, 2.05) is 0 Å². The Morgan fingerprint density at radius 2 is 0.597 bits per heavy atom. The van der Waals surface area contributed by atoms with Crippen LogP contribution in [0.5, 0.6) is 0 Å². The molecule has 0 amide bonds. The normalized spacial score (nSPS) is 14.3. The average Bonchev–Trinajstić information content (AvgIpc) is 3.31. The van der Waals surface area contributed by atoms with E-state index in [0.717, 1.165) is 11.4 Å². The molecule has 2 aliphatic heterocycles. The molecule has 0 unspecified atom stereocenters. The summed E-state index contributed by atoms with van der Waals surface area (Å²) >= 11 is 0. The summed E-state index contributed by atoms with van der Waals surface area (Å²) in [5.41, 5.74) is 12.3. The number of anilines is 6. The fourth-order valence-electron chi connectivity index (χ4n) is 10.7. The van der Waals surface area contributed by atoms with Gasteiger partial charge in [-0.15, -0.1) is 0 Å². The first kappa shape index (κ1) is 38.0. The Morgan fingerprint density at radius 3 is 1.03 bits per heavy atom. The van der Waals surface area contributed by atoms with Crippen molar-refractivity contribution in [1.82, 2.24) is 0 Å². The molecule has 0 atom stereocenters. The Kier molecular flexibility index (Phi) is 9.11. The molecule has 0 bridgehead atoms. The lowest BCUT2D eigenvalue weighted by Gasteiger charge is -2.46. The summed E-state index contributed by atoms with van der Waals surface area (Å²) < 4.78 is 0. The first-order valence-electron chi connectivity index (χ1n) is 21.8. The molecule has 2 nitrogen and oxygen atoms in total. The molecule has 4 heteroatoms. The molecule has 2 heterocycles. The zero-order chi connectivity index (χ0) is 42.0. The van der Waals surface area contributed by atoms with Crippen molar-refractivity contribution in [3.05, 3.63) is 241 Å². The van der Waals surface area contributed by atoms with Crippen LogP contribution in [0.2, 0.25) is 0 Å². The molecule has 0 spiro atoms. The van der Waals surface area contributed by atoms with E-state index in [9.17, 15) is 0 Å². The second kappa shape index (κ2) is 14.9. The third-order valence-corrected chi connectivity index (χ3v) is 23.1. The third kappa shape index (κ3) is 5.67. The van der Waals surface area contributed by atoms with E-state index in [-0.39, 0.29) is 0 Å². The maximum Gasteiger partial charge on any atom is 0.184 e. The zero-order valence-corrected chi connectivity index (χ0v) is 37.7. The fourth-order valence-corrected chi connectivity index (χ4v) is 21.1. The minimum absolute atomic E-state index is 1.14. The van der Waals surface area contributed by atoms with Gasteiger partial charge < -0.3 is 9.80 Å². The highest BCUT2D eigenvalue weighted by molar-refractivity contribution is 7.22. The van der Waals surface area contributed by atoms with Crippen LogP contribution in [0.25, 0.3) is 0 Å². The molecule has 0 fully saturated rings. The summed E-state index contributed by atoms with van der Waals surface area (Å²) in [5, 5.41) is 11.2. The first-order chi connectivity index (χ1) is 30.4. The van der Waals surface area contributed by atoms with Gasteiger partial charge in [0.25, 0.3) is 0 Å². The van der Waals surface area contributed by atoms with E-state index in [0.29, 0.717) is 0 Å². The van der Waals surface area contributed by atoms with E-state index >= 15 is 0 Å². The van der Waals surface area contributed by atoms with Crippen molar-refractivity contribution < 1.29 is 0 Å². The van der Waals surface area contributed by atoms with Crippen molar-refractivity contribution in [2.45, 2.75) is 27.7 Å². The molecule has 298 valence electrons. The lowest BCUT2D eigenvalue weighted by Crippen LogP contribution is -2.77. The first-order valence-corrected chi connectivity index (χ1v) is 25.8. The van der Waals surface area contributed by atoms with Crippen LogP contribution in [0, 0.1) is 27.7 Å². The van der Waals surface area contributed by atoms with Crippen LogP contribution in [0.3, 0.4) is 0 Å². The minimum Gasteiger partial charge on any atom is -0.311 e. The number of hydrogen-bond donors (Lipinski definition) is 0. The van der Waals surface area contributed by atoms with E-state index in [2.05, 4.69) is 256 Å². The third-order valence-electron chi connectivity index (χ3n) is 13.4. The topological polar surface area (TPSA) is 6.48 Å². The second-order valence-electron chi connectivity index (χ2n) is 17.2. The maximum atomic E-state index is 2.55. The smallest absolute Gasteiger partial charge is 0.184 e. The molecule has 0 aromatic heterocycles. The van der Waals surface area contributed by atoms with Crippen molar-refractivity contribution >= 4 is 91.8 Å². The summed E-state index contributed by atoms with van der Waals surface area (Å²) in [6.07, 6.45) is 0. The second-order valence-corrected chi connectivity index (χ2v) is 24.7. The highest BCUT2D eigenvalue weighted by atomic mass is 28.3. The number of aryl methyl sites for hydroxylation is 4. The molecule has 0 saturated heterocycles. The quantitative estimate of drug-likeness (QED) is 0.154. The summed E-state index contributed by atoms with van der Waals surface area (Å²) in [6.45, 7) is 8.87. The van der Waals surface area contributed by atoms with Gasteiger partial charge in [0.05, 0.1) is 0 Å². The monoisotopic (exact) mass is 828 g/mol. The van der Waals surface area contributed by atoms with Crippen LogP contribution >= 0.6 is 0 Å². The number of nitrogens with zero attached hydrogens (tertiary/aromatic N) is 2. The average molecular weight is 829 g/mol. The van der Waals surface area contributed by atoms with Crippen LogP contribution in [-0.4, -0.2) is 16.1 Å². The predicted molar refractivity (Wildman–Crippen MR) is 269 cm³/mol. The van der Waals surface area contributed by atoms with Crippen LogP contribution in [-0.2, 0) is 0 Å². The van der Waals surface area contributed by atoms with Gasteiger partial charge in [-0.3, -0.25) is 0 Å². The maximum absolute atomic E-state index is 2.79. The number of fused-ring (bicyclic) bond motifs is 4. The summed E-state index contributed by atoms with van der Waals surface area (Å²) in [6, 6.07) is 83.4. The van der Waals surface area contributed by atoms with Gasteiger partial charge in [0.1, 0.15) is 0 Å². The molecule has 62 heavy (non-hydrogen) atoms. The van der Waals surface area contributed by atoms with E-state index in [1.54, 1.807) is 0 Å². The van der Waals surface area contributed by atoms with Crippen molar-refractivity contribution in [3.63, 3.8) is 0 Å². The van der Waals surface area contributed by atoms with Crippen LogP contribution in [0.4, 0.5) is 34.1 Å². The Morgan fingerprint density at radius 1 is 0.258 bits per heavy atom. The highest BCUT2D eigenvalue weighted by Gasteiger charge is 2.50. The molecular formula is C58H48N2Si2. The van der Waals surface area contributed by atoms with Gasteiger partial charge in [0, 0.05) is 34.1 Å². The summed E-state index contributed by atoms with van der Waals surface area (Å²) in [5.74, 6) is 0. The molecule has 0 N–H and O–H groups in total. The van der Waals surface area contributed by atoms with E-state index in [4.69, 9.17) is 0 Å². The van der Waals surface area contributed by atoms with E-state index < -0.39 is 16.1 Å². The van der Waals surface area contributed by atoms with Gasteiger partial charge in [-0.25, -0.2) is 0 Å². The molecular weight excluding hydrogens is 781 g/mol. The van der Waals surface area contributed by atoms with Gasteiger partial charge in [0.2, 0.25) is 0 Å². The van der Waals surface area contributed by atoms with Crippen molar-refractivity contribution in [2.75, 3.05) is 9.80 Å². The van der Waals surface area contributed by atoms with Crippen molar-refractivity contribution in [1.29, 1.82) is 0 Å². The zero-order valence-electron chi connectivity index (χ0n) is 35.7. The molecule has 9 aromatic rings. The Hall–Kier alpha value is -6.99. The fraction of sp³-hybridized carbons (Fsp3) is 0.0690. The van der Waals surface area contributed by atoms with E-state index in [1.165, 1.54) is 86.5 Å². The Balaban J connectivity index is 1.15. The minimum atomic E-state index is -2.79.